The largest absolute Gasteiger partial charge is 0.462 e. The van der Waals surface area contributed by atoms with Crippen LogP contribution in [0.25, 0.3) is 0 Å². The van der Waals surface area contributed by atoms with Gasteiger partial charge in [-0.2, -0.15) is 0 Å². The molecule has 1 aliphatic heterocycles. The molecular formula is C24H36O5. The highest BCUT2D eigenvalue weighted by Crippen LogP contribution is 2.45. The van der Waals surface area contributed by atoms with Gasteiger partial charge < -0.3 is 14.6 Å². The Morgan fingerprint density at radius 1 is 1.55 bits per heavy atom. The van der Waals surface area contributed by atoms with Crippen LogP contribution in [0.3, 0.4) is 0 Å². The van der Waals surface area contributed by atoms with Gasteiger partial charge in [0.25, 0.3) is 0 Å². The highest BCUT2D eigenvalue weighted by Gasteiger charge is 2.42. The zero-order valence-corrected chi connectivity index (χ0v) is 16.7. The zero-order valence-electron chi connectivity index (χ0n) is 30.7. The van der Waals surface area contributed by atoms with E-state index in [1.54, 1.807) is 0 Å². The lowest BCUT2D eigenvalue weighted by atomic mass is 9.65. The van der Waals surface area contributed by atoms with Gasteiger partial charge in [0.05, 0.1) is 22.5 Å². The van der Waals surface area contributed by atoms with E-state index in [-0.39, 0.29) is 24.8 Å². The average molecular weight is 419 g/mol. The summed E-state index contributed by atoms with van der Waals surface area (Å²) in [5, 5.41) is 10.2. The molecule has 1 fully saturated rings. The van der Waals surface area contributed by atoms with Crippen LogP contribution in [0, 0.1) is 29.5 Å². The molecule has 1 N–H and O–H groups in total. The number of carbonyl (C=O) groups is 2. The van der Waals surface area contributed by atoms with Gasteiger partial charge >= 0.3 is 11.9 Å². The first-order chi connectivity index (χ1) is 19.2. The van der Waals surface area contributed by atoms with Crippen LogP contribution in [0.2, 0.25) is 0 Å². The summed E-state index contributed by atoms with van der Waals surface area (Å²) in [4.78, 5) is 25.4. The molecule has 0 bridgehead atoms. The maximum absolute atomic E-state index is 13.2. The minimum atomic E-state index is -3.26. The van der Waals surface area contributed by atoms with Crippen molar-refractivity contribution in [1.82, 2.24) is 0 Å². The maximum Gasteiger partial charge on any atom is 0.308 e. The Morgan fingerprint density at radius 2 is 2.34 bits per heavy atom. The second-order valence-corrected chi connectivity index (χ2v) is 7.60. The minimum Gasteiger partial charge on any atom is -0.462 e. The van der Waals surface area contributed by atoms with Crippen molar-refractivity contribution in [3.05, 3.63) is 23.7 Å². The third-order valence-electron chi connectivity index (χ3n) is 5.38. The van der Waals surface area contributed by atoms with Crippen LogP contribution in [0.5, 0.6) is 0 Å². The fraction of sp³-hybridized carbons (Fsp3) is 0.750. The van der Waals surface area contributed by atoms with E-state index < -0.39 is 104 Å². The fourth-order valence-electron chi connectivity index (χ4n) is 3.84. The van der Waals surface area contributed by atoms with Crippen molar-refractivity contribution >= 4 is 11.9 Å². The van der Waals surface area contributed by atoms with Crippen LogP contribution in [-0.4, -0.2) is 35.4 Å². The van der Waals surface area contributed by atoms with Crippen LogP contribution in [-0.2, 0) is 19.1 Å². The molecular weight excluding hydrogens is 368 g/mol. The smallest absolute Gasteiger partial charge is 0.308 e. The molecule has 0 saturated carbocycles. The predicted molar refractivity (Wildman–Crippen MR) is 111 cm³/mol. The SMILES string of the molecule is [2H]C1=C([2H])[C@]([2H])(C)[C@H](CCC2C[C@@H](O)C([2H])([2H])C(=O)O2)[C@@H]2C1=C([2H])[C@]([2H])(C)C([2H])([2H])C2OC(=O)[C@@H](C)C([2H])([2H])C([2H])([2H])[2H]. The average Bonchev–Trinajstić information content (AvgIpc) is 2.86. The Labute approximate surface area is 194 Å². The number of hydrogen-bond acceptors (Lipinski definition) is 5. The molecule has 0 amide bonds. The summed E-state index contributed by atoms with van der Waals surface area (Å²) >= 11 is 0. The van der Waals surface area contributed by atoms with Crippen molar-refractivity contribution < 1.29 is 43.4 Å². The first-order valence-corrected chi connectivity index (χ1v) is 9.66. The van der Waals surface area contributed by atoms with Crippen molar-refractivity contribution in [3.8, 4) is 0 Å². The molecule has 2 unspecified atom stereocenters. The van der Waals surface area contributed by atoms with Gasteiger partial charge in [-0.3, -0.25) is 9.59 Å². The number of carbonyl (C=O) groups excluding carboxylic acids is 2. The summed E-state index contributed by atoms with van der Waals surface area (Å²) in [6, 6.07) is -1.90. The van der Waals surface area contributed by atoms with Gasteiger partial charge in [-0.25, -0.2) is 0 Å². The maximum atomic E-state index is 13.2. The molecule has 2 aliphatic carbocycles. The van der Waals surface area contributed by atoms with E-state index in [2.05, 4.69) is 0 Å². The first-order valence-electron chi connectivity index (χ1n) is 16.7. The van der Waals surface area contributed by atoms with Crippen LogP contribution in [0.1, 0.15) is 85.2 Å². The van der Waals surface area contributed by atoms with Gasteiger partial charge in [-0.15, -0.1) is 0 Å². The second-order valence-electron chi connectivity index (χ2n) is 7.60. The quantitative estimate of drug-likeness (QED) is 0.655. The number of ether oxygens (including phenoxy) is 2. The van der Waals surface area contributed by atoms with E-state index in [1.807, 2.05) is 0 Å². The molecule has 0 spiro atoms. The molecule has 5 heteroatoms. The number of cyclic esters (lactones) is 1. The van der Waals surface area contributed by atoms with E-state index >= 15 is 0 Å². The van der Waals surface area contributed by atoms with Crippen molar-refractivity contribution in [2.24, 2.45) is 29.5 Å². The van der Waals surface area contributed by atoms with Crippen molar-refractivity contribution in [3.63, 3.8) is 0 Å². The number of hydrogen-bond donors (Lipinski definition) is 1. The molecule has 5 nitrogen and oxygen atoms in total. The molecule has 1 saturated heterocycles. The number of rotatable bonds is 6. The third-order valence-corrected chi connectivity index (χ3v) is 5.38. The van der Waals surface area contributed by atoms with Gasteiger partial charge in [0.15, 0.2) is 0 Å². The van der Waals surface area contributed by atoms with Crippen molar-refractivity contribution in [2.45, 2.75) is 84.3 Å². The lowest BCUT2D eigenvalue weighted by molar-refractivity contribution is -0.162. The number of esters is 2. The Morgan fingerprint density at radius 3 is 3.07 bits per heavy atom. The van der Waals surface area contributed by atoms with E-state index in [9.17, 15) is 14.7 Å². The molecule has 8 atom stereocenters. The minimum absolute atomic E-state index is 0.129. The van der Waals surface area contributed by atoms with Crippen molar-refractivity contribution in [1.29, 1.82) is 0 Å². The second kappa shape index (κ2) is 9.46. The van der Waals surface area contributed by atoms with Crippen LogP contribution >= 0.6 is 0 Å². The van der Waals surface area contributed by atoms with Crippen LogP contribution in [0.4, 0.5) is 0 Å². The first kappa shape index (κ1) is 10.1. The summed E-state index contributed by atoms with van der Waals surface area (Å²) < 4.78 is 126. The molecule has 3 rings (SSSR count). The summed E-state index contributed by atoms with van der Waals surface area (Å²) in [6.45, 7) is -0.0377. The standard InChI is InChI=1S/C24H36O5/c1-5-15(3)24(27)29-21-11-14(2)10-17-7-6-16(4)20(23(17)21)9-8-19-12-18(25)13-22(26)28-19/h6-7,10,14-16,18-21,23,25H,5,8-9,11-13H2,1-4H3/t14-,15-,16-,18+,19?,20-,21?,23-/m0/s1/i1D3,5D2,6D,7D,10D,11D2,13D2,14D,16D. The highest BCUT2D eigenvalue weighted by atomic mass is 16.5. The topological polar surface area (TPSA) is 72.8 Å². The summed E-state index contributed by atoms with van der Waals surface area (Å²) in [5.74, 6) is -11.9. The van der Waals surface area contributed by atoms with E-state index in [4.69, 9.17) is 28.7 Å². The van der Waals surface area contributed by atoms with Crippen LogP contribution in [0.15, 0.2) is 23.7 Å². The highest BCUT2D eigenvalue weighted by molar-refractivity contribution is 5.72. The summed E-state index contributed by atoms with van der Waals surface area (Å²) in [6.07, 6.45) is -14.0. The summed E-state index contributed by atoms with van der Waals surface area (Å²) in [5.41, 5.74) is -0.325. The molecule has 162 valence electrons. The monoisotopic (exact) mass is 418 g/mol. The molecule has 0 radical (unpaired) electrons. The van der Waals surface area contributed by atoms with Gasteiger partial charge in [0, 0.05) is 27.4 Å². The molecule has 3 aliphatic rings. The van der Waals surface area contributed by atoms with Gasteiger partial charge in [0.1, 0.15) is 12.2 Å². The molecule has 0 aromatic rings. The lowest BCUT2D eigenvalue weighted by Gasteiger charge is -2.43. The van der Waals surface area contributed by atoms with Crippen molar-refractivity contribution in [2.75, 3.05) is 0 Å². The van der Waals surface area contributed by atoms with Gasteiger partial charge in [-0.1, -0.05) is 45.8 Å². The Balaban J connectivity index is 2.12. The van der Waals surface area contributed by atoms with E-state index in [0.717, 1.165) is 13.8 Å². The molecule has 0 aromatic carbocycles. The molecule has 1 heterocycles. The van der Waals surface area contributed by atoms with E-state index in [1.165, 1.54) is 6.92 Å². The third kappa shape index (κ3) is 5.30. The Kier molecular flexibility index (Phi) is 3.30. The number of aliphatic hydroxyl groups is 1. The predicted octanol–water partition coefficient (Wildman–Crippen LogP) is 4.20. The lowest BCUT2D eigenvalue weighted by Crippen LogP contribution is -2.42. The molecule has 0 aromatic heterocycles. The Hall–Kier alpha value is -1.62. The van der Waals surface area contributed by atoms with Gasteiger partial charge in [-0.05, 0) is 48.9 Å². The summed E-state index contributed by atoms with van der Waals surface area (Å²) in [7, 11) is 0. The number of fused-ring (bicyclic) bond motifs is 1. The van der Waals surface area contributed by atoms with E-state index in [0.29, 0.717) is 0 Å². The Bertz CT molecular complexity index is 1220. The normalized spacial score (nSPS) is 55.4. The van der Waals surface area contributed by atoms with Gasteiger partial charge in [0.2, 0.25) is 0 Å². The number of aliphatic hydroxyl groups excluding tert-OH is 1. The molecule has 29 heavy (non-hydrogen) atoms. The number of allylic oxidation sites excluding steroid dienone is 3. The fourth-order valence-corrected chi connectivity index (χ4v) is 3.84. The zero-order chi connectivity index (χ0) is 33.5. The van der Waals surface area contributed by atoms with Crippen LogP contribution < -0.4 is 0 Å².